The van der Waals surface area contributed by atoms with Crippen molar-refractivity contribution in [1.82, 2.24) is 20.1 Å². The van der Waals surface area contributed by atoms with E-state index < -0.39 is 0 Å². The van der Waals surface area contributed by atoms with Crippen LogP contribution in [0.4, 0.5) is 0 Å². The lowest BCUT2D eigenvalue weighted by atomic mass is 10.2. The minimum atomic E-state index is 0.721. The Kier molecular flexibility index (Phi) is 3.94. The van der Waals surface area contributed by atoms with Crippen LogP contribution in [0, 0.1) is 6.92 Å². The van der Waals surface area contributed by atoms with Crippen molar-refractivity contribution in [2.45, 2.75) is 20.4 Å². The standard InChI is InChI=1S/C13H18N4O/c1-4-14-8-11-5-6-15-9-12(11)18-13-7-10(2)16-17(13)3/h5-7,9,14H,4,8H2,1-3H3. The zero-order valence-electron chi connectivity index (χ0n) is 11.0. The van der Waals surface area contributed by atoms with Gasteiger partial charge >= 0.3 is 0 Å². The third-order valence-corrected chi connectivity index (χ3v) is 2.61. The fourth-order valence-corrected chi connectivity index (χ4v) is 1.70. The highest BCUT2D eigenvalue weighted by Gasteiger charge is 2.08. The van der Waals surface area contributed by atoms with Crippen LogP contribution < -0.4 is 10.1 Å². The molecule has 0 aliphatic carbocycles. The van der Waals surface area contributed by atoms with E-state index in [4.69, 9.17) is 4.74 Å². The number of nitrogens with zero attached hydrogens (tertiary/aromatic N) is 3. The minimum Gasteiger partial charge on any atom is -0.437 e. The van der Waals surface area contributed by atoms with Crippen LogP contribution in [0.1, 0.15) is 18.2 Å². The lowest BCUT2D eigenvalue weighted by Crippen LogP contribution is -2.12. The molecule has 0 saturated carbocycles. The Morgan fingerprint density at radius 1 is 1.44 bits per heavy atom. The number of ether oxygens (including phenoxy) is 1. The number of hydrogen-bond acceptors (Lipinski definition) is 4. The second-order valence-electron chi connectivity index (χ2n) is 4.11. The molecule has 0 atom stereocenters. The fourth-order valence-electron chi connectivity index (χ4n) is 1.70. The van der Waals surface area contributed by atoms with Crippen molar-refractivity contribution >= 4 is 0 Å². The van der Waals surface area contributed by atoms with Crippen molar-refractivity contribution in [3.63, 3.8) is 0 Å². The van der Waals surface area contributed by atoms with Crippen LogP contribution in [0.3, 0.4) is 0 Å². The summed E-state index contributed by atoms with van der Waals surface area (Å²) in [5.41, 5.74) is 2.02. The smallest absolute Gasteiger partial charge is 0.217 e. The molecule has 0 aromatic carbocycles. The lowest BCUT2D eigenvalue weighted by molar-refractivity contribution is 0.422. The number of aromatic nitrogens is 3. The molecule has 1 N–H and O–H groups in total. The van der Waals surface area contributed by atoms with E-state index in [1.54, 1.807) is 17.1 Å². The highest BCUT2D eigenvalue weighted by atomic mass is 16.5. The van der Waals surface area contributed by atoms with Gasteiger partial charge in [-0.05, 0) is 19.5 Å². The van der Waals surface area contributed by atoms with E-state index in [0.29, 0.717) is 0 Å². The summed E-state index contributed by atoms with van der Waals surface area (Å²) >= 11 is 0. The van der Waals surface area contributed by atoms with Gasteiger partial charge in [-0.25, -0.2) is 4.68 Å². The predicted octanol–water partition coefficient (Wildman–Crippen LogP) is 2.03. The van der Waals surface area contributed by atoms with Gasteiger partial charge in [0, 0.05) is 31.4 Å². The zero-order chi connectivity index (χ0) is 13.0. The summed E-state index contributed by atoms with van der Waals surface area (Å²) < 4.78 is 7.58. The first-order valence-corrected chi connectivity index (χ1v) is 6.02. The first-order valence-electron chi connectivity index (χ1n) is 6.02. The molecule has 2 aromatic rings. The van der Waals surface area contributed by atoms with Crippen molar-refractivity contribution in [3.05, 3.63) is 35.8 Å². The lowest BCUT2D eigenvalue weighted by Gasteiger charge is -2.10. The molecule has 96 valence electrons. The molecule has 0 aliphatic heterocycles. The maximum absolute atomic E-state index is 5.86. The van der Waals surface area contributed by atoms with Crippen LogP contribution in [0.15, 0.2) is 24.5 Å². The van der Waals surface area contributed by atoms with E-state index in [9.17, 15) is 0 Å². The number of rotatable bonds is 5. The van der Waals surface area contributed by atoms with E-state index in [2.05, 4.69) is 22.3 Å². The molecule has 2 heterocycles. The molecule has 0 amide bonds. The van der Waals surface area contributed by atoms with Gasteiger partial charge < -0.3 is 10.1 Å². The summed E-state index contributed by atoms with van der Waals surface area (Å²) in [6.07, 6.45) is 3.50. The fraction of sp³-hybridized carbons (Fsp3) is 0.385. The molecule has 18 heavy (non-hydrogen) atoms. The SMILES string of the molecule is CCNCc1ccncc1Oc1cc(C)nn1C. The van der Waals surface area contributed by atoms with Gasteiger partial charge in [-0.3, -0.25) is 4.98 Å². The molecule has 5 nitrogen and oxygen atoms in total. The maximum Gasteiger partial charge on any atom is 0.217 e. The van der Waals surface area contributed by atoms with Crippen molar-refractivity contribution in [3.8, 4) is 11.6 Å². The van der Waals surface area contributed by atoms with Crippen LogP contribution in [-0.4, -0.2) is 21.3 Å². The highest BCUT2D eigenvalue weighted by molar-refractivity contribution is 5.33. The topological polar surface area (TPSA) is 52.0 Å². The summed E-state index contributed by atoms with van der Waals surface area (Å²) in [5, 5.41) is 7.54. The van der Waals surface area contributed by atoms with Gasteiger partial charge in [0.25, 0.3) is 0 Å². The molecule has 0 aliphatic rings. The monoisotopic (exact) mass is 246 g/mol. The zero-order valence-corrected chi connectivity index (χ0v) is 11.0. The average Bonchev–Trinajstić information content (AvgIpc) is 2.67. The second kappa shape index (κ2) is 5.64. The normalized spacial score (nSPS) is 10.6. The van der Waals surface area contributed by atoms with Gasteiger partial charge in [0.2, 0.25) is 5.88 Å². The van der Waals surface area contributed by atoms with Crippen molar-refractivity contribution in [2.24, 2.45) is 7.05 Å². The average molecular weight is 246 g/mol. The van der Waals surface area contributed by atoms with Crippen molar-refractivity contribution in [1.29, 1.82) is 0 Å². The van der Waals surface area contributed by atoms with Gasteiger partial charge in [-0.15, -0.1) is 0 Å². The third kappa shape index (κ3) is 2.87. The number of pyridine rings is 1. The Bertz CT molecular complexity index is 521. The number of aryl methyl sites for hydroxylation is 2. The van der Waals surface area contributed by atoms with Crippen molar-refractivity contribution < 1.29 is 4.74 Å². The van der Waals surface area contributed by atoms with Crippen LogP contribution in [0.25, 0.3) is 0 Å². The van der Waals surface area contributed by atoms with Crippen LogP contribution >= 0.6 is 0 Å². The van der Waals surface area contributed by atoms with Gasteiger partial charge in [0.15, 0.2) is 5.75 Å². The number of nitrogens with one attached hydrogen (secondary N) is 1. The van der Waals surface area contributed by atoms with Gasteiger partial charge in [0.05, 0.1) is 11.9 Å². The molecule has 0 fully saturated rings. The molecule has 2 rings (SSSR count). The molecule has 0 bridgehead atoms. The number of hydrogen-bond donors (Lipinski definition) is 1. The van der Waals surface area contributed by atoms with Gasteiger partial charge in [0.1, 0.15) is 0 Å². The van der Waals surface area contributed by atoms with Crippen LogP contribution in [0.2, 0.25) is 0 Å². The summed E-state index contributed by atoms with van der Waals surface area (Å²) in [6, 6.07) is 3.87. The molecular weight excluding hydrogens is 228 g/mol. The van der Waals surface area contributed by atoms with Crippen molar-refractivity contribution in [2.75, 3.05) is 6.54 Å². The largest absolute Gasteiger partial charge is 0.437 e. The Labute approximate surface area is 107 Å². The summed E-state index contributed by atoms with van der Waals surface area (Å²) in [4.78, 5) is 4.10. The minimum absolute atomic E-state index is 0.721. The summed E-state index contributed by atoms with van der Waals surface area (Å²) in [6.45, 7) is 5.71. The van der Waals surface area contributed by atoms with E-state index in [-0.39, 0.29) is 0 Å². The van der Waals surface area contributed by atoms with E-state index in [1.807, 2.05) is 26.1 Å². The van der Waals surface area contributed by atoms with Gasteiger partial charge in [-0.1, -0.05) is 6.92 Å². The molecule has 5 heteroatoms. The summed E-state index contributed by atoms with van der Waals surface area (Å²) in [7, 11) is 1.86. The summed E-state index contributed by atoms with van der Waals surface area (Å²) in [5.74, 6) is 1.49. The highest BCUT2D eigenvalue weighted by Crippen LogP contribution is 2.24. The molecule has 2 aromatic heterocycles. The Morgan fingerprint density at radius 3 is 2.94 bits per heavy atom. The Hall–Kier alpha value is -1.88. The van der Waals surface area contributed by atoms with Crippen LogP contribution in [-0.2, 0) is 13.6 Å². The first-order chi connectivity index (χ1) is 8.70. The van der Waals surface area contributed by atoms with E-state index >= 15 is 0 Å². The maximum atomic E-state index is 5.86. The van der Waals surface area contributed by atoms with E-state index in [1.165, 1.54) is 0 Å². The third-order valence-electron chi connectivity index (χ3n) is 2.61. The Morgan fingerprint density at radius 2 is 2.28 bits per heavy atom. The molecule has 0 saturated heterocycles. The van der Waals surface area contributed by atoms with E-state index in [0.717, 1.165) is 36.0 Å². The van der Waals surface area contributed by atoms with Crippen LogP contribution in [0.5, 0.6) is 11.6 Å². The second-order valence-corrected chi connectivity index (χ2v) is 4.11. The quantitative estimate of drug-likeness (QED) is 0.877. The molecule has 0 radical (unpaired) electrons. The molecule has 0 spiro atoms. The molecular formula is C13H18N4O. The predicted molar refractivity (Wildman–Crippen MR) is 69.6 cm³/mol. The Balaban J connectivity index is 2.20. The first kappa shape index (κ1) is 12.6. The molecule has 0 unspecified atom stereocenters. The van der Waals surface area contributed by atoms with Gasteiger partial charge in [-0.2, -0.15) is 5.10 Å².